The molecule has 0 aromatic carbocycles. The second-order valence-corrected chi connectivity index (χ2v) is 5.85. The average molecular weight is 238 g/mol. The van der Waals surface area contributed by atoms with Crippen molar-refractivity contribution in [2.45, 2.75) is 38.1 Å². The number of aromatic nitrogens is 1. The van der Waals surface area contributed by atoms with Crippen LogP contribution in [0.3, 0.4) is 0 Å². The molecule has 16 heavy (non-hydrogen) atoms. The van der Waals surface area contributed by atoms with E-state index in [9.17, 15) is 0 Å². The topological polar surface area (TPSA) is 38.1 Å². The van der Waals surface area contributed by atoms with Gasteiger partial charge in [-0.3, -0.25) is 0 Å². The zero-order valence-electron chi connectivity index (χ0n) is 9.66. The second kappa shape index (κ2) is 4.41. The molecule has 2 atom stereocenters. The highest BCUT2D eigenvalue weighted by Gasteiger charge is 2.27. The van der Waals surface area contributed by atoms with E-state index in [0.29, 0.717) is 12.0 Å². The van der Waals surface area contributed by atoms with Crippen LogP contribution < -0.4 is 5.32 Å². The number of nitrogens with one attached hydrogen (secondary N) is 1. The molecule has 2 fully saturated rings. The fourth-order valence-corrected chi connectivity index (χ4v) is 3.83. The molecule has 0 amide bonds. The summed E-state index contributed by atoms with van der Waals surface area (Å²) in [6, 6.07) is 0.363. The summed E-state index contributed by atoms with van der Waals surface area (Å²) in [6.07, 6.45) is 3.66. The highest BCUT2D eigenvalue weighted by molar-refractivity contribution is 7.99. The van der Waals surface area contributed by atoms with E-state index in [2.05, 4.69) is 12.2 Å². The van der Waals surface area contributed by atoms with Gasteiger partial charge in [-0.25, -0.2) is 4.98 Å². The maximum absolute atomic E-state index is 5.83. The molecule has 3 heterocycles. The lowest BCUT2D eigenvalue weighted by Gasteiger charge is -2.04. The summed E-state index contributed by atoms with van der Waals surface area (Å²) in [5.74, 6) is 5.07. The summed E-state index contributed by atoms with van der Waals surface area (Å²) >= 11 is 2.03. The summed E-state index contributed by atoms with van der Waals surface area (Å²) in [5, 5.41) is 3.44. The number of nitrogens with zero attached hydrogens (tertiary/aromatic N) is 1. The van der Waals surface area contributed by atoms with Gasteiger partial charge < -0.3 is 9.73 Å². The SMILES string of the molecule is Cc1oc(C2CCCN2)nc1C1CCSC1. The van der Waals surface area contributed by atoms with E-state index in [0.717, 1.165) is 18.2 Å². The van der Waals surface area contributed by atoms with Crippen molar-refractivity contribution in [3.8, 4) is 0 Å². The lowest BCUT2D eigenvalue weighted by Crippen LogP contribution is -2.13. The van der Waals surface area contributed by atoms with E-state index in [1.54, 1.807) is 0 Å². The first-order valence-electron chi connectivity index (χ1n) is 6.13. The average Bonchev–Trinajstić information content (AvgIpc) is 2.97. The Bertz CT molecular complexity index is 365. The van der Waals surface area contributed by atoms with Gasteiger partial charge in [0.2, 0.25) is 5.89 Å². The third kappa shape index (κ3) is 1.89. The van der Waals surface area contributed by atoms with Crippen LogP contribution in [0.1, 0.15) is 48.6 Å². The number of hydrogen-bond donors (Lipinski definition) is 1. The third-order valence-electron chi connectivity index (χ3n) is 3.52. The highest BCUT2D eigenvalue weighted by Crippen LogP contribution is 2.35. The molecule has 0 aliphatic carbocycles. The molecule has 4 heteroatoms. The van der Waals surface area contributed by atoms with Crippen LogP contribution in [0, 0.1) is 6.92 Å². The fourth-order valence-electron chi connectivity index (χ4n) is 2.60. The Morgan fingerprint density at radius 3 is 3.06 bits per heavy atom. The quantitative estimate of drug-likeness (QED) is 0.859. The van der Waals surface area contributed by atoms with Gasteiger partial charge in [0.15, 0.2) is 0 Å². The van der Waals surface area contributed by atoms with Crippen molar-refractivity contribution in [3.63, 3.8) is 0 Å². The van der Waals surface area contributed by atoms with Crippen molar-refractivity contribution >= 4 is 11.8 Å². The summed E-state index contributed by atoms with van der Waals surface area (Å²) in [7, 11) is 0. The molecule has 1 aromatic rings. The molecule has 2 saturated heterocycles. The molecule has 3 nitrogen and oxygen atoms in total. The molecule has 2 aliphatic heterocycles. The van der Waals surface area contributed by atoms with Gasteiger partial charge >= 0.3 is 0 Å². The summed E-state index contributed by atoms with van der Waals surface area (Å²) in [4.78, 5) is 4.73. The molecule has 1 aromatic heterocycles. The van der Waals surface area contributed by atoms with E-state index < -0.39 is 0 Å². The lowest BCUT2D eigenvalue weighted by molar-refractivity contribution is 0.414. The largest absolute Gasteiger partial charge is 0.444 e. The number of hydrogen-bond acceptors (Lipinski definition) is 4. The minimum atomic E-state index is 0.363. The van der Waals surface area contributed by atoms with Crippen molar-refractivity contribution in [2.24, 2.45) is 0 Å². The van der Waals surface area contributed by atoms with Gasteiger partial charge in [-0.05, 0) is 38.5 Å². The van der Waals surface area contributed by atoms with Crippen LogP contribution in [-0.4, -0.2) is 23.0 Å². The predicted molar refractivity (Wildman–Crippen MR) is 65.9 cm³/mol. The Kier molecular flexibility index (Phi) is 2.94. The molecule has 0 radical (unpaired) electrons. The first kappa shape index (κ1) is 10.7. The molecule has 0 spiro atoms. The highest BCUT2D eigenvalue weighted by atomic mass is 32.2. The lowest BCUT2D eigenvalue weighted by atomic mass is 10.0. The number of oxazole rings is 1. The van der Waals surface area contributed by atoms with Crippen LogP contribution in [0.2, 0.25) is 0 Å². The van der Waals surface area contributed by atoms with Gasteiger partial charge in [-0.1, -0.05) is 0 Å². The van der Waals surface area contributed by atoms with Gasteiger partial charge in [0.1, 0.15) is 5.76 Å². The van der Waals surface area contributed by atoms with Crippen LogP contribution in [0.4, 0.5) is 0 Å². The number of aryl methyl sites for hydroxylation is 1. The Balaban J connectivity index is 1.83. The van der Waals surface area contributed by atoms with Gasteiger partial charge in [-0.2, -0.15) is 11.8 Å². The van der Waals surface area contributed by atoms with Gasteiger partial charge in [0, 0.05) is 11.7 Å². The summed E-state index contributed by atoms with van der Waals surface area (Å²) in [6.45, 7) is 3.16. The van der Waals surface area contributed by atoms with Crippen molar-refractivity contribution < 1.29 is 4.42 Å². The van der Waals surface area contributed by atoms with Crippen molar-refractivity contribution in [1.82, 2.24) is 10.3 Å². The van der Waals surface area contributed by atoms with Gasteiger partial charge in [0.25, 0.3) is 0 Å². The Hall–Kier alpha value is -0.480. The Labute approximate surface area is 100 Å². The third-order valence-corrected chi connectivity index (χ3v) is 4.69. The molecular formula is C12H18N2OS. The Morgan fingerprint density at radius 2 is 2.38 bits per heavy atom. The van der Waals surface area contributed by atoms with Gasteiger partial charge in [0.05, 0.1) is 11.7 Å². The van der Waals surface area contributed by atoms with Gasteiger partial charge in [-0.15, -0.1) is 0 Å². The van der Waals surface area contributed by atoms with E-state index in [1.165, 1.54) is 36.5 Å². The molecule has 0 bridgehead atoms. The maximum atomic E-state index is 5.83. The van der Waals surface area contributed by atoms with E-state index in [1.807, 2.05) is 11.8 Å². The number of rotatable bonds is 2. The van der Waals surface area contributed by atoms with Crippen molar-refractivity contribution in [3.05, 3.63) is 17.3 Å². The van der Waals surface area contributed by atoms with Crippen LogP contribution in [0.5, 0.6) is 0 Å². The first-order chi connectivity index (χ1) is 7.84. The van der Waals surface area contributed by atoms with Crippen LogP contribution in [-0.2, 0) is 0 Å². The summed E-state index contributed by atoms with van der Waals surface area (Å²) in [5.41, 5.74) is 1.22. The zero-order valence-corrected chi connectivity index (χ0v) is 10.5. The second-order valence-electron chi connectivity index (χ2n) is 4.70. The normalized spacial score (nSPS) is 30.1. The summed E-state index contributed by atoms with van der Waals surface area (Å²) < 4.78 is 5.83. The molecule has 0 saturated carbocycles. The van der Waals surface area contributed by atoms with Crippen molar-refractivity contribution in [2.75, 3.05) is 18.1 Å². The van der Waals surface area contributed by atoms with E-state index in [-0.39, 0.29) is 0 Å². The minimum Gasteiger partial charge on any atom is -0.444 e. The Morgan fingerprint density at radius 1 is 1.44 bits per heavy atom. The predicted octanol–water partition coefficient (Wildman–Crippen LogP) is 2.63. The van der Waals surface area contributed by atoms with E-state index in [4.69, 9.17) is 9.40 Å². The fraction of sp³-hybridized carbons (Fsp3) is 0.750. The van der Waals surface area contributed by atoms with Crippen LogP contribution >= 0.6 is 11.8 Å². The molecular weight excluding hydrogens is 220 g/mol. The standard InChI is InChI=1S/C12H18N2OS/c1-8-11(9-4-6-16-7-9)14-12(15-8)10-3-2-5-13-10/h9-10,13H,2-7H2,1H3. The molecule has 88 valence electrons. The van der Waals surface area contributed by atoms with Crippen LogP contribution in [0.25, 0.3) is 0 Å². The number of thioether (sulfide) groups is 1. The maximum Gasteiger partial charge on any atom is 0.211 e. The smallest absolute Gasteiger partial charge is 0.211 e. The minimum absolute atomic E-state index is 0.363. The molecule has 3 rings (SSSR count). The van der Waals surface area contributed by atoms with Crippen molar-refractivity contribution in [1.29, 1.82) is 0 Å². The van der Waals surface area contributed by atoms with E-state index >= 15 is 0 Å². The first-order valence-corrected chi connectivity index (χ1v) is 7.28. The zero-order chi connectivity index (χ0) is 11.0. The monoisotopic (exact) mass is 238 g/mol. The molecule has 1 N–H and O–H groups in total. The molecule has 2 aliphatic rings. The van der Waals surface area contributed by atoms with Crippen LogP contribution in [0.15, 0.2) is 4.42 Å². The molecule has 2 unspecified atom stereocenters.